The summed E-state index contributed by atoms with van der Waals surface area (Å²) in [7, 11) is 0.301. The van der Waals surface area contributed by atoms with E-state index in [0.717, 1.165) is 11.3 Å². The van der Waals surface area contributed by atoms with Crippen molar-refractivity contribution < 1.29 is 0 Å². The topological polar surface area (TPSA) is 0 Å². The predicted octanol–water partition coefficient (Wildman–Crippen LogP) is 1.97. The van der Waals surface area contributed by atoms with Crippen molar-refractivity contribution in [2.24, 2.45) is 0 Å². The molecular formula is C7H9P. The third kappa shape index (κ3) is 0.444. The molecule has 0 aromatic rings. The number of rotatable bonds is 0. The van der Waals surface area contributed by atoms with Crippen LogP contribution in [-0.4, -0.2) is 18.0 Å². The molecule has 0 fully saturated rings. The Morgan fingerprint density at radius 1 is 1.00 bits per heavy atom. The highest BCUT2D eigenvalue weighted by molar-refractivity contribution is 7.60. The third-order valence-electron chi connectivity index (χ3n) is 1.95. The summed E-state index contributed by atoms with van der Waals surface area (Å²) in [6.45, 7) is 2.38. The molecule has 0 saturated heterocycles. The largest absolute Gasteiger partial charge is 0.0879 e. The Balaban J connectivity index is 2.34. The molecule has 2 aliphatic rings. The van der Waals surface area contributed by atoms with Gasteiger partial charge in [0.2, 0.25) is 0 Å². The van der Waals surface area contributed by atoms with E-state index >= 15 is 0 Å². The molecule has 1 heteroatoms. The summed E-state index contributed by atoms with van der Waals surface area (Å²) in [5.41, 5.74) is 1.69. The number of hydrogen-bond acceptors (Lipinski definition) is 0. The Hall–Kier alpha value is -0.0900. The van der Waals surface area contributed by atoms with Gasteiger partial charge in [-0.1, -0.05) is 32.2 Å². The van der Waals surface area contributed by atoms with Gasteiger partial charge in [-0.25, -0.2) is 0 Å². The highest BCUT2D eigenvalue weighted by Crippen LogP contribution is 2.53. The average Bonchev–Trinajstić information content (AvgIpc) is 2.29. The summed E-state index contributed by atoms with van der Waals surface area (Å²) in [6, 6.07) is 0. The van der Waals surface area contributed by atoms with Gasteiger partial charge in [0, 0.05) is 11.3 Å². The number of hydrogen-bond donors (Lipinski definition) is 0. The van der Waals surface area contributed by atoms with E-state index in [1.165, 1.54) is 0 Å². The molecule has 42 valence electrons. The molecule has 2 bridgehead atoms. The van der Waals surface area contributed by atoms with E-state index in [2.05, 4.69) is 31.0 Å². The molecule has 0 saturated carbocycles. The van der Waals surface area contributed by atoms with Crippen LogP contribution in [0.2, 0.25) is 0 Å². The maximum atomic E-state index is 2.38. The van der Waals surface area contributed by atoms with Crippen LogP contribution in [0.5, 0.6) is 0 Å². The third-order valence-corrected chi connectivity index (χ3v) is 4.52. The van der Waals surface area contributed by atoms with Crippen LogP contribution in [-0.2, 0) is 0 Å². The van der Waals surface area contributed by atoms with Crippen molar-refractivity contribution in [3.05, 3.63) is 24.3 Å². The fraction of sp³-hybridized carbons (Fsp3) is 0.429. The summed E-state index contributed by atoms with van der Waals surface area (Å²) < 4.78 is 0. The molecule has 2 aliphatic heterocycles. The summed E-state index contributed by atoms with van der Waals surface area (Å²) in [4.78, 5) is 0. The van der Waals surface area contributed by atoms with E-state index in [9.17, 15) is 0 Å². The SMILES string of the molecule is CP1C2C=CC1C=C2. The molecule has 0 aliphatic carbocycles. The minimum atomic E-state index is 0.301. The summed E-state index contributed by atoms with van der Waals surface area (Å²) in [5.74, 6) is 0. The van der Waals surface area contributed by atoms with Crippen molar-refractivity contribution in [3.8, 4) is 0 Å². The van der Waals surface area contributed by atoms with Crippen molar-refractivity contribution in [3.63, 3.8) is 0 Å². The molecule has 8 heavy (non-hydrogen) atoms. The zero-order chi connectivity index (χ0) is 5.56. The molecule has 0 aromatic heterocycles. The van der Waals surface area contributed by atoms with Crippen LogP contribution in [0, 0.1) is 0 Å². The first-order chi connectivity index (χ1) is 3.88. The van der Waals surface area contributed by atoms with Crippen LogP contribution in [0.25, 0.3) is 0 Å². The Bertz CT molecular complexity index is 128. The second-order valence-electron chi connectivity index (χ2n) is 2.42. The molecule has 0 aromatic carbocycles. The first kappa shape index (κ1) is 4.76. The highest BCUT2D eigenvalue weighted by atomic mass is 31.1. The predicted molar refractivity (Wildman–Crippen MR) is 38.7 cm³/mol. The van der Waals surface area contributed by atoms with Gasteiger partial charge < -0.3 is 0 Å². The molecule has 0 radical (unpaired) electrons. The van der Waals surface area contributed by atoms with Crippen LogP contribution in [0.1, 0.15) is 0 Å². The van der Waals surface area contributed by atoms with Gasteiger partial charge in [-0.05, 0) is 6.66 Å². The first-order valence-electron chi connectivity index (χ1n) is 2.96. The van der Waals surface area contributed by atoms with E-state index in [1.54, 1.807) is 0 Å². The van der Waals surface area contributed by atoms with Crippen molar-refractivity contribution in [1.82, 2.24) is 0 Å². The molecule has 2 rings (SSSR count). The minimum Gasteiger partial charge on any atom is -0.0879 e. The fourth-order valence-electron chi connectivity index (χ4n) is 1.33. The molecule has 0 N–H and O–H groups in total. The second-order valence-corrected chi connectivity index (χ2v) is 4.94. The summed E-state index contributed by atoms with van der Waals surface area (Å²) >= 11 is 0. The van der Waals surface area contributed by atoms with E-state index in [-0.39, 0.29) is 0 Å². The van der Waals surface area contributed by atoms with Gasteiger partial charge in [0.1, 0.15) is 0 Å². The monoisotopic (exact) mass is 124 g/mol. The lowest BCUT2D eigenvalue weighted by atomic mass is 10.2. The summed E-state index contributed by atoms with van der Waals surface area (Å²) in [5, 5.41) is 0. The van der Waals surface area contributed by atoms with Crippen molar-refractivity contribution in [1.29, 1.82) is 0 Å². The maximum absolute atomic E-state index is 2.38. The summed E-state index contributed by atoms with van der Waals surface area (Å²) in [6.07, 6.45) is 9.37. The molecule has 2 heterocycles. The Morgan fingerprint density at radius 2 is 1.38 bits per heavy atom. The zero-order valence-corrected chi connectivity index (χ0v) is 5.81. The standard InChI is InChI=1S/C7H9P/c1-8-6-2-3-7(8)5-4-6/h2-7H,1H3. The van der Waals surface area contributed by atoms with Crippen LogP contribution in [0.4, 0.5) is 0 Å². The van der Waals surface area contributed by atoms with Gasteiger partial charge in [-0.15, -0.1) is 0 Å². The lowest BCUT2D eigenvalue weighted by molar-refractivity contribution is 1.35. The quantitative estimate of drug-likeness (QED) is 0.342. The molecule has 0 spiro atoms. The van der Waals surface area contributed by atoms with Gasteiger partial charge in [0.25, 0.3) is 0 Å². The lowest BCUT2D eigenvalue weighted by Gasteiger charge is -2.07. The number of fused-ring (bicyclic) bond motifs is 2. The smallest absolute Gasteiger partial charge is 0.0156 e. The fourth-order valence-corrected chi connectivity index (χ4v) is 3.21. The van der Waals surface area contributed by atoms with Crippen molar-refractivity contribution in [2.75, 3.05) is 6.66 Å². The van der Waals surface area contributed by atoms with Crippen LogP contribution in [0.15, 0.2) is 24.3 Å². The van der Waals surface area contributed by atoms with Gasteiger partial charge in [0.15, 0.2) is 0 Å². The molecule has 0 atom stereocenters. The first-order valence-corrected chi connectivity index (χ1v) is 4.89. The normalized spacial score (nSPS) is 48.9. The van der Waals surface area contributed by atoms with Gasteiger partial charge >= 0.3 is 0 Å². The van der Waals surface area contributed by atoms with Crippen LogP contribution < -0.4 is 0 Å². The van der Waals surface area contributed by atoms with E-state index < -0.39 is 0 Å². The Kier molecular flexibility index (Phi) is 0.861. The lowest BCUT2D eigenvalue weighted by Crippen LogP contribution is -1.87. The molecule has 0 nitrogen and oxygen atoms in total. The number of allylic oxidation sites excluding steroid dienone is 4. The zero-order valence-electron chi connectivity index (χ0n) is 4.91. The molecule has 0 amide bonds. The second kappa shape index (κ2) is 1.45. The Morgan fingerprint density at radius 3 is 1.50 bits per heavy atom. The van der Waals surface area contributed by atoms with Gasteiger partial charge in [0.05, 0.1) is 0 Å². The minimum absolute atomic E-state index is 0.301. The van der Waals surface area contributed by atoms with Gasteiger partial charge in [-0.2, -0.15) is 0 Å². The molecular weight excluding hydrogens is 115 g/mol. The van der Waals surface area contributed by atoms with Crippen LogP contribution >= 0.6 is 7.92 Å². The van der Waals surface area contributed by atoms with E-state index in [4.69, 9.17) is 0 Å². The maximum Gasteiger partial charge on any atom is 0.0156 e. The van der Waals surface area contributed by atoms with Crippen molar-refractivity contribution in [2.45, 2.75) is 11.3 Å². The molecule has 0 unspecified atom stereocenters. The van der Waals surface area contributed by atoms with Gasteiger partial charge in [-0.3, -0.25) is 0 Å². The average molecular weight is 124 g/mol. The van der Waals surface area contributed by atoms with Crippen LogP contribution in [0.3, 0.4) is 0 Å². The van der Waals surface area contributed by atoms with E-state index in [1.807, 2.05) is 0 Å². The Labute approximate surface area is 51.0 Å². The van der Waals surface area contributed by atoms with E-state index in [0.29, 0.717) is 7.92 Å². The highest BCUT2D eigenvalue weighted by Gasteiger charge is 2.28. The van der Waals surface area contributed by atoms with Crippen molar-refractivity contribution >= 4 is 7.92 Å².